The standard InChI is InChI=1S/C15H23N3O4S/c1-13(19)16-14-3-5-15(6-4-14)23(20,21)17(2)7-8-18-9-11-22-12-10-18/h3-6H,7-12H2,1-2H3,(H,16,19). The molecule has 1 N–H and O–H groups in total. The second-order valence-electron chi connectivity index (χ2n) is 5.49. The van der Waals surface area contributed by atoms with E-state index in [4.69, 9.17) is 4.74 Å². The van der Waals surface area contributed by atoms with Gasteiger partial charge in [-0.15, -0.1) is 0 Å². The van der Waals surface area contributed by atoms with Gasteiger partial charge in [0.15, 0.2) is 0 Å². The van der Waals surface area contributed by atoms with Crippen LogP contribution in [0.5, 0.6) is 0 Å². The van der Waals surface area contributed by atoms with Gasteiger partial charge in [-0.05, 0) is 24.3 Å². The molecule has 0 atom stereocenters. The smallest absolute Gasteiger partial charge is 0.242 e. The Labute approximate surface area is 137 Å². The van der Waals surface area contributed by atoms with Crippen LogP contribution in [0.25, 0.3) is 0 Å². The second kappa shape index (κ2) is 7.87. The van der Waals surface area contributed by atoms with E-state index in [2.05, 4.69) is 10.2 Å². The molecule has 1 aliphatic rings. The van der Waals surface area contributed by atoms with Crippen molar-refractivity contribution in [1.82, 2.24) is 9.21 Å². The highest BCUT2D eigenvalue weighted by Crippen LogP contribution is 2.17. The Morgan fingerprint density at radius 2 is 1.87 bits per heavy atom. The molecule has 1 aromatic carbocycles. The van der Waals surface area contributed by atoms with E-state index in [-0.39, 0.29) is 10.8 Å². The molecule has 1 saturated heterocycles. The van der Waals surface area contributed by atoms with E-state index in [0.717, 1.165) is 13.1 Å². The van der Waals surface area contributed by atoms with Crippen LogP contribution in [-0.2, 0) is 19.6 Å². The van der Waals surface area contributed by atoms with Crippen LogP contribution in [-0.4, -0.2) is 70.0 Å². The van der Waals surface area contributed by atoms with Crippen molar-refractivity contribution in [2.75, 3.05) is 51.8 Å². The van der Waals surface area contributed by atoms with E-state index in [1.165, 1.54) is 23.4 Å². The molecule has 7 nitrogen and oxygen atoms in total. The molecule has 128 valence electrons. The Morgan fingerprint density at radius 3 is 2.43 bits per heavy atom. The monoisotopic (exact) mass is 341 g/mol. The molecule has 1 amide bonds. The largest absolute Gasteiger partial charge is 0.379 e. The van der Waals surface area contributed by atoms with Crippen LogP contribution in [0.2, 0.25) is 0 Å². The number of likely N-dealkylation sites (N-methyl/N-ethyl adjacent to an activating group) is 1. The minimum absolute atomic E-state index is 0.191. The third kappa shape index (κ3) is 5.00. The second-order valence-corrected chi connectivity index (χ2v) is 7.53. The van der Waals surface area contributed by atoms with Gasteiger partial charge in [-0.25, -0.2) is 8.42 Å². The number of hydrogen-bond acceptors (Lipinski definition) is 5. The maximum Gasteiger partial charge on any atom is 0.242 e. The van der Waals surface area contributed by atoms with Crippen LogP contribution >= 0.6 is 0 Å². The first-order valence-corrected chi connectivity index (χ1v) is 8.98. The lowest BCUT2D eigenvalue weighted by Gasteiger charge is -2.28. The van der Waals surface area contributed by atoms with E-state index in [0.29, 0.717) is 32.0 Å². The molecule has 1 heterocycles. The summed E-state index contributed by atoms with van der Waals surface area (Å²) in [6.45, 7) is 5.57. The van der Waals surface area contributed by atoms with Crippen LogP contribution in [0.4, 0.5) is 5.69 Å². The number of nitrogens with one attached hydrogen (secondary N) is 1. The molecule has 0 aliphatic carbocycles. The maximum absolute atomic E-state index is 12.5. The van der Waals surface area contributed by atoms with Crippen LogP contribution in [0, 0.1) is 0 Å². The van der Waals surface area contributed by atoms with Crippen LogP contribution in [0.15, 0.2) is 29.2 Å². The van der Waals surface area contributed by atoms with Crippen molar-refractivity contribution in [1.29, 1.82) is 0 Å². The summed E-state index contributed by atoms with van der Waals surface area (Å²) < 4.78 is 31.7. The minimum Gasteiger partial charge on any atom is -0.379 e. The van der Waals surface area contributed by atoms with Gasteiger partial charge in [0, 0.05) is 45.8 Å². The number of nitrogens with zero attached hydrogens (tertiary/aromatic N) is 2. The first-order valence-electron chi connectivity index (χ1n) is 7.53. The Balaban J connectivity index is 1.97. The van der Waals surface area contributed by atoms with Crippen molar-refractivity contribution < 1.29 is 17.9 Å². The summed E-state index contributed by atoms with van der Waals surface area (Å²) in [7, 11) is -1.94. The zero-order chi connectivity index (χ0) is 16.9. The quantitative estimate of drug-likeness (QED) is 0.820. The minimum atomic E-state index is -3.52. The van der Waals surface area contributed by atoms with E-state index < -0.39 is 10.0 Å². The van der Waals surface area contributed by atoms with Gasteiger partial charge in [-0.1, -0.05) is 0 Å². The molecular weight excluding hydrogens is 318 g/mol. The molecule has 1 aromatic rings. The van der Waals surface area contributed by atoms with Gasteiger partial charge in [-0.3, -0.25) is 9.69 Å². The summed E-state index contributed by atoms with van der Waals surface area (Å²) in [5.41, 5.74) is 0.576. The molecule has 1 aliphatic heterocycles. The van der Waals surface area contributed by atoms with E-state index in [1.54, 1.807) is 19.2 Å². The van der Waals surface area contributed by atoms with Crippen molar-refractivity contribution in [2.45, 2.75) is 11.8 Å². The van der Waals surface area contributed by atoms with Gasteiger partial charge in [0.25, 0.3) is 0 Å². The van der Waals surface area contributed by atoms with E-state index in [1.807, 2.05) is 0 Å². The molecule has 0 aromatic heterocycles. The van der Waals surface area contributed by atoms with Gasteiger partial charge in [0.1, 0.15) is 0 Å². The van der Waals surface area contributed by atoms with Gasteiger partial charge >= 0.3 is 0 Å². The fraction of sp³-hybridized carbons (Fsp3) is 0.533. The van der Waals surface area contributed by atoms with Gasteiger partial charge in [-0.2, -0.15) is 4.31 Å². The van der Waals surface area contributed by atoms with Crippen molar-refractivity contribution in [3.8, 4) is 0 Å². The lowest BCUT2D eigenvalue weighted by atomic mass is 10.3. The predicted octanol–water partition coefficient (Wildman–Crippen LogP) is 0.598. The van der Waals surface area contributed by atoms with Crippen LogP contribution in [0.3, 0.4) is 0 Å². The number of amides is 1. The van der Waals surface area contributed by atoms with Crippen molar-refractivity contribution >= 4 is 21.6 Å². The Morgan fingerprint density at radius 1 is 1.26 bits per heavy atom. The zero-order valence-electron chi connectivity index (χ0n) is 13.5. The van der Waals surface area contributed by atoms with E-state index >= 15 is 0 Å². The summed E-state index contributed by atoms with van der Waals surface area (Å²) in [5, 5.41) is 2.61. The molecule has 0 unspecified atom stereocenters. The summed E-state index contributed by atoms with van der Waals surface area (Å²) in [4.78, 5) is 13.4. The van der Waals surface area contributed by atoms with Crippen molar-refractivity contribution in [3.05, 3.63) is 24.3 Å². The summed E-state index contributed by atoms with van der Waals surface area (Å²) >= 11 is 0. The number of carbonyl (C=O) groups excluding carboxylic acids is 1. The molecule has 0 saturated carbocycles. The van der Waals surface area contributed by atoms with Gasteiger partial charge < -0.3 is 10.1 Å². The number of hydrogen-bond donors (Lipinski definition) is 1. The molecule has 1 fully saturated rings. The molecule has 8 heteroatoms. The molecule has 0 bridgehead atoms. The van der Waals surface area contributed by atoms with Gasteiger partial charge in [0.2, 0.25) is 15.9 Å². The number of sulfonamides is 1. The van der Waals surface area contributed by atoms with Crippen LogP contribution in [0.1, 0.15) is 6.92 Å². The fourth-order valence-electron chi connectivity index (χ4n) is 2.32. The lowest BCUT2D eigenvalue weighted by molar-refractivity contribution is -0.114. The predicted molar refractivity (Wildman–Crippen MR) is 87.8 cm³/mol. The molecule has 0 spiro atoms. The van der Waals surface area contributed by atoms with Crippen LogP contribution < -0.4 is 5.32 Å². The van der Waals surface area contributed by atoms with Crippen molar-refractivity contribution in [3.63, 3.8) is 0 Å². The summed E-state index contributed by atoms with van der Waals surface area (Å²) in [6.07, 6.45) is 0. The normalized spacial score (nSPS) is 16.5. The average molecular weight is 341 g/mol. The highest BCUT2D eigenvalue weighted by atomic mass is 32.2. The fourth-order valence-corrected chi connectivity index (χ4v) is 3.48. The lowest BCUT2D eigenvalue weighted by Crippen LogP contribution is -2.41. The third-order valence-corrected chi connectivity index (χ3v) is 5.59. The number of anilines is 1. The SMILES string of the molecule is CC(=O)Nc1ccc(S(=O)(=O)N(C)CCN2CCOCC2)cc1. The average Bonchev–Trinajstić information content (AvgIpc) is 2.53. The third-order valence-electron chi connectivity index (χ3n) is 3.72. The highest BCUT2D eigenvalue weighted by Gasteiger charge is 2.21. The Kier molecular flexibility index (Phi) is 6.11. The topological polar surface area (TPSA) is 79.0 Å². The number of rotatable bonds is 6. The Bertz CT molecular complexity index is 625. The van der Waals surface area contributed by atoms with Gasteiger partial charge in [0.05, 0.1) is 18.1 Å². The molecule has 23 heavy (non-hydrogen) atoms. The number of morpholine rings is 1. The maximum atomic E-state index is 12.5. The summed E-state index contributed by atoms with van der Waals surface area (Å²) in [5.74, 6) is -0.191. The molecular formula is C15H23N3O4S. The number of ether oxygens (including phenoxy) is 1. The first-order chi connectivity index (χ1) is 10.9. The summed E-state index contributed by atoms with van der Waals surface area (Å²) in [6, 6.07) is 6.19. The first kappa shape index (κ1) is 17.9. The number of benzene rings is 1. The number of carbonyl (C=O) groups is 1. The highest BCUT2D eigenvalue weighted by molar-refractivity contribution is 7.89. The van der Waals surface area contributed by atoms with Crippen molar-refractivity contribution in [2.24, 2.45) is 0 Å². The zero-order valence-corrected chi connectivity index (χ0v) is 14.3. The Hall–Kier alpha value is -1.48. The molecule has 0 radical (unpaired) electrons. The van der Waals surface area contributed by atoms with E-state index in [9.17, 15) is 13.2 Å². The molecule has 2 rings (SSSR count).